The number of ether oxygens (including phenoxy) is 1. The van der Waals surface area contributed by atoms with Crippen molar-refractivity contribution < 1.29 is 22.7 Å². The SMILES string of the molecule is COc1cccc(N(CC(=O)Nc2ccccc2C(=O)NCc2cccnc2)S(C)(=O)=O)c1. The quantitative estimate of drug-likeness (QED) is 0.498. The Morgan fingerprint density at radius 2 is 1.85 bits per heavy atom. The molecule has 1 heterocycles. The lowest BCUT2D eigenvalue weighted by atomic mass is 10.1. The zero-order chi connectivity index (χ0) is 23.8. The van der Waals surface area contributed by atoms with Crippen LogP contribution < -0.4 is 19.7 Å². The molecule has 0 atom stereocenters. The van der Waals surface area contributed by atoms with Crippen molar-refractivity contribution in [2.75, 3.05) is 29.5 Å². The van der Waals surface area contributed by atoms with Crippen molar-refractivity contribution in [3.05, 3.63) is 84.2 Å². The molecule has 0 aliphatic rings. The Hall–Kier alpha value is -3.92. The molecule has 33 heavy (non-hydrogen) atoms. The van der Waals surface area contributed by atoms with Gasteiger partial charge >= 0.3 is 0 Å². The van der Waals surface area contributed by atoms with E-state index < -0.39 is 22.5 Å². The number of sulfonamides is 1. The van der Waals surface area contributed by atoms with Crippen LogP contribution in [0.1, 0.15) is 15.9 Å². The fourth-order valence-electron chi connectivity index (χ4n) is 3.06. The van der Waals surface area contributed by atoms with Gasteiger partial charge < -0.3 is 15.4 Å². The number of rotatable bonds is 9. The van der Waals surface area contributed by atoms with Gasteiger partial charge in [-0.25, -0.2) is 8.42 Å². The summed E-state index contributed by atoms with van der Waals surface area (Å²) in [7, 11) is -2.30. The lowest BCUT2D eigenvalue weighted by molar-refractivity contribution is -0.114. The summed E-state index contributed by atoms with van der Waals surface area (Å²) in [6.07, 6.45) is 4.30. The number of nitrogens with one attached hydrogen (secondary N) is 2. The van der Waals surface area contributed by atoms with Gasteiger partial charge in [-0.3, -0.25) is 18.9 Å². The highest BCUT2D eigenvalue weighted by molar-refractivity contribution is 7.92. The molecule has 0 aliphatic heterocycles. The second kappa shape index (κ2) is 10.6. The third-order valence-corrected chi connectivity index (χ3v) is 5.79. The van der Waals surface area contributed by atoms with E-state index in [2.05, 4.69) is 15.6 Å². The molecule has 9 nitrogen and oxygen atoms in total. The first kappa shape index (κ1) is 23.7. The van der Waals surface area contributed by atoms with Crippen LogP contribution in [0.2, 0.25) is 0 Å². The number of hydrogen-bond acceptors (Lipinski definition) is 6. The highest BCUT2D eigenvalue weighted by Crippen LogP contribution is 2.23. The van der Waals surface area contributed by atoms with E-state index in [-0.39, 0.29) is 29.4 Å². The van der Waals surface area contributed by atoms with Crippen LogP contribution in [-0.4, -0.2) is 45.1 Å². The van der Waals surface area contributed by atoms with Gasteiger partial charge in [-0.05, 0) is 35.9 Å². The van der Waals surface area contributed by atoms with Gasteiger partial charge in [0.1, 0.15) is 12.3 Å². The van der Waals surface area contributed by atoms with Gasteiger partial charge in [0.25, 0.3) is 5.91 Å². The van der Waals surface area contributed by atoms with Crippen LogP contribution in [0, 0.1) is 0 Å². The first-order valence-corrected chi connectivity index (χ1v) is 11.8. The van der Waals surface area contributed by atoms with Gasteiger partial charge in [-0.2, -0.15) is 0 Å². The molecule has 2 amide bonds. The summed E-state index contributed by atoms with van der Waals surface area (Å²) in [6.45, 7) is -0.204. The molecule has 0 unspecified atom stereocenters. The van der Waals surface area contributed by atoms with Crippen LogP contribution in [0.3, 0.4) is 0 Å². The smallest absolute Gasteiger partial charge is 0.253 e. The fraction of sp³-hybridized carbons (Fsp3) is 0.174. The van der Waals surface area contributed by atoms with Crippen LogP contribution in [0.4, 0.5) is 11.4 Å². The van der Waals surface area contributed by atoms with E-state index in [1.165, 1.54) is 13.2 Å². The topological polar surface area (TPSA) is 118 Å². The average molecular weight is 469 g/mol. The predicted molar refractivity (Wildman–Crippen MR) is 126 cm³/mol. The molecule has 10 heteroatoms. The van der Waals surface area contributed by atoms with Crippen LogP contribution in [0.15, 0.2) is 73.1 Å². The molecule has 0 saturated carbocycles. The second-order valence-electron chi connectivity index (χ2n) is 7.11. The van der Waals surface area contributed by atoms with E-state index >= 15 is 0 Å². The number of carbonyl (C=O) groups excluding carboxylic acids is 2. The number of aromatic nitrogens is 1. The van der Waals surface area contributed by atoms with Crippen molar-refractivity contribution in [2.24, 2.45) is 0 Å². The zero-order valence-electron chi connectivity index (χ0n) is 18.2. The molecule has 0 bridgehead atoms. The molecule has 0 saturated heterocycles. The number of benzene rings is 2. The van der Waals surface area contributed by atoms with Crippen LogP contribution in [0.5, 0.6) is 5.75 Å². The second-order valence-corrected chi connectivity index (χ2v) is 9.02. The maximum absolute atomic E-state index is 12.8. The van der Waals surface area contributed by atoms with E-state index in [4.69, 9.17) is 4.74 Å². The van der Waals surface area contributed by atoms with E-state index in [1.807, 2.05) is 6.07 Å². The number of hydrogen-bond donors (Lipinski definition) is 2. The number of pyridine rings is 1. The first-order valence-electron chi connectivity index (χ1n) is 9.95. The van der Waals surface area contributed by atoms with Gasteiger partial charge in [0, 0.05) is 25.0 Å². The molecule has 3 rings (SSSR count). The maximum atomic E-state index is 12.8. The van der Waals surface area contributed by atoms with Crippen molar-refractivity contribution >= 4 is 33.2 Å². The molecule has 2 aromatic carbocycles. The van der Waals surface area contributed by atoms with E-state index in [0.717, 1.165) is 16.1 Å². The summed E-state index contributed by atoms with van der Waals surface area (Å²) in [5.41, 5.74) is 1.64. The lowest BCUT2D eigenvalue weighted by Gasteiger charge is -2.22. The fourth-order valence-corrected chi connectivity index (χ4v) is 3.90. The third kappa shape index (κ3) is 6.53. The first-order chi connectivity index (χ1) is 15.8. The number of anilines is 2. The number of nitrogens with zero attached hydrogens (tertiary/aromatic N) is 2. The van der Waals surface area contributed by atoms with Crippen molar-refractivity contribution in [2.45, 2.75) is 6.54 Å². The Kier molecular flexibility index (Phi) is 7.62. The summed E-state index contributed by atoms with van der Waals surface area (Å²) in [6, 6.07) is 16.5. The Bertz CT molecular complexity index is 1230. The van der Waals surface area contributed by atoms with Gasteiger partial charge in [0.15, 0.2) is 0 Å². The Labute approximate surface area is 192 Å². The highest BCUT2D eigenvalue weighted by atomic mass is 32.2. The Morgan fingerprint density at radius 3 is 2.55 bits per heavy atom. The molecular formula is C23H24N4O5S. The lowest BCUT2D eigenvalue weighted by Crippen LogP contribution is -2.37. The summed E-state index contributed by atoms with van der Waals surface area (Å²) in [5, 5.41) is 5.42. The summed E-state index contributed by atoms with van der Waals surface area (Å²) in [5.74, 6) is -0.532. The van der Waals surface area contributed by atoms with Gasteiger partial charge in [0.2, 0.25) is 15.9 Å². The minimum atomic E-state index is -3.76. The van der Waals surface area contributed by atoms with E-state index in [9.17, 15) is 18.0 Å². The standard InChI is InChI=1S/C23H24N4O5S/c1-32-19-9-5-8-18(13-19)27(33(2,30)31)16-22(28)26-21-11-4-3-10-20(21)23(29)25-15-17-7-6-12-24-14-17/h3-14H,15-16H2,1-2H3,(H,25,29)(H,26,28). The van der Waals surface area contributed by atoms with Gasteiger partial charge in [-0.1, -0.05) is 24.3 Å². The molecule has 0 radical (unpaired) electrons. The van der Waals surface area contributed by atoms with Gasteiger partial charge in [0.05, 0.1) is 30.3 Å². The van der Waals surface area contributed by atoms with Crippen LogP contribution >= 0.6 is 0 Å². The van der Waals surface area contributed by atoms with Gasteiger partial charge in [-0.15, -0.1) is 0 Å². The minimum Gasteiger partial charge on any atom is -0.497 e. The Morgan fingerprint density at radius 1 is 1.06 bits per heavy atom. The zero-order valence-corrected chi connectivity index (χ0v) is 19.0. The molecule has 1 aromatic heterocycles. The molecular weight excluding hydrogens is 444 g/mol. The normalized spacial score (nSPS) is 10.8. The average Bonchev–Trinajstić information content (AvgIpc) is 2.81. The number of amides is 2. The highest BCUT2D eigenvalue weighted by Gasteiger charge is 2.22. The van der Waals surface area contributed by atoms with Crippen molar-refractivity contribution in [1.29, 1.82) is 0 Å². The summed E-state index contributed by atoms with van der Waals surface area (Å²) >= 11 is 0. The molecule has 0 fully saturated rings. The number of methoxy groups -OCH3 is 1. The van der Waals surface area contributed by atoms with E-state index in [0.29, 0.717) is 5.75 Å². The Balaban J connectivity index is 1.74. The molecule has 172 valence electrons. The van der Waals surface area contributed by atoms with Crippen molar-refractivity contribution in [3.63, 3.8) is 0 Å². The molecule has 0 spiro atoms. The van der Waals surface area contributed by atoms with Crippen LogP contribution in [0.25, 0.3) is 0 Å². The monoisotopic (exact) mass is 468 g/mol. The number of carbonyl (C=O) groups is 2. The molecule has 3 aromatic rings. The van der Waals surface area contributed by atoms with Crippen molar-refractivity contribution in [1.82, 2.24) is 10.3 Å². The summed E-state index contributed by atoms with van der Waals surface area (Å²) < 4.78 is 30.8. The maximum Gasteiger partial charge on any atom is 0.253 e. The number of para-hydroxylation sites is 1. The predicted octanol–water partition coefficient (Wildman–Crippen LogP) is 2.42. The van der Waals surface area contributed by atoms with Crippen LogP contribution in [-0.2, 0) is 21.4 Å². The minimum absolute atomic E-state index is 0.252. The molecule has 0 aliphatic carbocycles. The van der Waals surface area contributed by atoms with Crippen molar-refractivity contribution in [3.8, 4) is 5.75 Å². The summed E-state index contributed by atoms with van der Waals surface area (Å²) in [4.78, 5) is 29.5. The molecule has 2 N–H and O–H groups in total. The third-order valence-electron chi connectivity index (χ3n) is 4.65. The largest absolute Gasteiger partial charge is 0.497 e. The van der Waals surface area contributed by atoms with E-state index in [1.54, 1.807) is 60.9 Å².